The molecule has 1 atom stereocenters. The number of methoxy groups -OCH3 is 1. The predicted molar refractivity (Wildman–Crippen MR) is 85.9 cm³/mol. The van der Waals surface area contributed by atoms with Gasteiger partial charge in [0.25, 0.3) is 0 Å². The number of rotatable bonds is 3. The van der Waals surface area contributed by atoms with E-state index in [1.54, 1.807) is 7.11 Å². The van der Waals surface area contributed by atoms with Gasteiger partial charge in [-0.25, -0.2) is 4.98 Å². The first kappa shape index (κ1) is 14.1. The molecule has 7 nitrogen and oxygen atoms in total. The van der Waals surface area contributed by atoms with Crippen molar-refractivity contribution >= 4 is 28.2 Å². The van der Waals surface area contributed by atoms with Gasteiger partial charge in [0.05, 0.1) is 12.0 Å². The van der Waals surface area contributed by atoms with Crippen molar-refractivity contribution in [2.24, 2.45) is 0 Å². The molecule has 2 aliphatic heterocycles. The van der Waals surface area contributed by atoms with Gasteiger partial charge in [-0.2, -0.15) is 0 Å². The Morgan fingerprint density at radius 2 is 2.30 bits per heavy atom. The number of carbonyl (C=O) groups is 1. The third kappa shape index (κ3) is 2.26. The van der Waals surface area contributed by atoms with Gasteiger partial charge in [-0.15, -0.1) is 0 Å². The van der Waals surface area contributed by atoms with Gasteiger partial charge in [-0.05, 0) is 17.7 Å². The quantitative estimate of drug-likeness (QED) is 0.898. The van der Waals surface area contributed by atoms with Crippen molar-refractivity contribution in [2.45, 2.75) is 12.3 Å². The summed E-state index contributed by atoms with van der Waals surface area (Å²) in [5, 5.41) is 6.62. The molecule has 1 amide bonds. The number of aromatic nitrogens is 1. The van der Waals surface area contributed by atoms with Crippen LogP contribution in [-0.4, -0.2) is 31.8 Å². The molecule has 23 heavy (non-hydrogen) atoms. The highest BCUT2D eigenvalue weighted by atomic mass is 32.1. The number of ether oxygens (including phenoxy) is 3. The number of hydrogen-bond donors (Lipinski definition) is 2. The zero-order chi connectivity index (χ0) is 16.0. The maximum atomic E-state index is 12.0. The zero-order valence-electron chi connectivity index (χ0n) is 12.6. The summed E-state index contributed by atoms with van der Waals surface area (Å²) in [5.74, 6) is 2.36. The Kier molecular flexibility index (Phi) is 3.26. The molecule has 3 heterocycles. The number of nitrogens with zero attached hydrogens (tertiary/aromatic N) is 1. The number of anilines is 2. The van der Waals surface area contributed by atoms with Crippen LogP contribution in [0.1, 0.15) is 22.8 Å². The van der Waals surface area contributed by atoms with E-state index in [4.69, 9.17) is 14.2 Å². The van der Waals surface area contributed by atoms with E-state index in [1.807, 2.05) is 19.2 Å². The molecule has 4 rings (SSSR count). The highest BCUT2D eigenvalue weighted by Crippen LogP contribution is 2.48. The Morgan fingerprint density at radius 1 is 1.43 bits per heavy atom. The molecule has 0 fully saturated rings. The van der Waals surface area contributed by atoms with Gasteiger partial charge in [-0.3, -0.25) is 4.79 Å². The van der Waals surface area contributed by atoms with Crippen LogP contribution in [0.3, 0.4) is 0 Å². The predicted octanol–water partition coefficient (Wildman–Crippen LogP) is 2.40. The minimum absolute atomic E-state index is 0.0490. The summed E-state index contributed by atoms with van der Waals surface area (Å²) in [7, 11) is 3.40. The summed E-state index contributed by atoms with van der Waals surface area (Å²) >= 11 is 1.54. The first-order valence-electron chi connectivity index (χ1n) is 7.15. The monoisotopic (exact) mass is 333 g/mol. The standard InChI is InChI=1S/C15H15N3O4S/c1-16-15-18-14-13(23-15)8(5-11(19)17-14)7-3-9(20-2)12-10(4-7)21-6-22-12/h3-4,8H,5-6H2,1-2H3,(H,16,18)(H,17,19)/t8-/m1/s1. The molecular formula is C15H15N3O4S. The van der Waals surface area contributed by atoms with Crippen molar-refractivity contribution in [3.63, 3.8) is 0 Å². The van der Waals surface area contributed by atoms with Crippen molar-refractivity contribution in [3.8, 4) is 17.2 Å². The van der Waals surface area contributed by atoms with Crippen LogP contribution in [0.15, 0.2) is 12.1 Å². The molecule has 0 spiro atoms. The molecule has 8 heteroatoms. The van der Waals surface area contributed by atoms with E-state index >= 15 is 0 Å². The van der Waals surface area contributed by atoms with Crippen LogP contribution in [0.4, 0.5) is 10.9 Å². The van der Waals surface area contributed by atoms with Crippen LogP contribution in [-0.2, 0) is 4.79 Å². The van der Waals surface area contributed by atoms with Crippen LogP contribution < -0.4 is 24.8 Å². The topological polar surface area (TPSA) is 81.7 Å². The number of amides is 1. The SMILES string of the molecule is CNc1nc2c(s1)[C@@H](c1cc(OC)c3c(c1)OCO3)CC(=O)N2. The van der Waals surface area contributed by atoms with Crippen molar-refractivity contribution in [3.05, 3.63) is 22.6 Å². The molecule has 120 valence electrons. The fourth-order valence-electron chi connectivity index (χ4n) is 2.85. The second kappa shape index (κ2) is 5.31. The van der Waals surface area contributed by atoms with Gasteiger partial charge in [0.2, 0.25) is 18.4 Å². The van der Waals surface area contributed by atoms with E-state index in [9.17, 15) is 4.79 Å². The zero-order valence-corrected chi connectivity index (χ0v) is 13.5. The highest BCUT2D eigenvalue weighted by Gasteiger charge is 2.32. The molecule has 1 aromatic heterocycles. The van der Waals surface area contributed by atoms with Gasteiger partial charge in [0, 0.05) is 19.4 Å². The molecule has 2 aliphatic rings. The average Bonchev–Trinajstić information content (AvgIpc) is 3.18. The Morgan fingerprint density at radius 3 is 3.09 bits per heavy atom. The minimum Gasteiger partial charge on any atom is -0.493 e. The van der Waals surface area contributed by atoms with E-state index in [0.717, 1.165) is 15.6 Å². The van der Waals surface area contributed by atoms with Crippen molar-refractivity contribution in [1.82, 2.24) is 4.98 Å². The first-order chi connectivity index (χ1) is 11.2. The molecule has 0 saturated heterocycles. The average molecular weight is 333 g/mol. The third-order valence-corrected chi connectivity index (χ3v) is 5.10. The van der Waals surface area contributed by atoms with Gasteiger partial charge >= 0.3 is 0 Å². The van der Waals surface area contributed by atoms with Gasteiger partial charge in [-0.1, -0.05) is 11.3 Å². The van der Waals surface area contributed by atoms with Crippen LogP contribution in [0.25, 0.3) is 0 Å². The maximum absolute atomic E-state index is 12.0. The second-order valence-corrected chi connectivity index (χ2v) is 6.27. The number of nitrogens with one attached hydrogen (secondary N) is 2. The largest absolute Gasteiger partial charge is 0.493 e. The molecule has 1 aromatic carbocycles. The van der Waals surface area contributed by atoms with E-state index < -0.39 is 0 Å². The lowest BCUT2D eigenvalue weighted by molar-refractivity contribution is -0.116. The lowest BCUT2D eigenvalue weighted by Gasteiger charge is -2.22. The number of benzene rings is 1. The maximum Gasteiger partial charge on any atom is 0.231 e. The molecule has 0 radical (unpaired) electrons. The molecule has 2 N–H and O–H groups in total. The van der Waals surface area contributed by atoms with E-state index in [-0.39, 0.29) is 18.6 Å². The van der Waals surface area contributed by atoms with Gasteiger partial charge in [0.15, 0.2) is 16.6 Å². The number of carbonyl (C=O) groups excluding carboxylic acids is 1. The molecule has 0 bridgehead atoms. The molecule has 0 aliphatic carbocycles. The Hall–Kier alpha value is -2.48. The van der Waals surface area contributed by atoms with Crippen LogP contribution in [0.2, 0.25) is 0 Å². The Labute approximate surface area is 136 Å². The van der Waals surface area contributed by atoms with E-state index in [0.29, 0.717) is 29.5 Å². The molecule has 2 aromatic rings. The van der Waals surface area contributed by atoms with Crippen molar-refractivity contribution in [2.75, 3.05) is 31.6 Å². The summed E-state index contributed by atoms with van der Waals surface area (Å²) < 4.78 is 16.3. The smallest absolute Gasteiger partial charge is 0.231 e. The molecule has 0 unspecified atom stereocenters. The third-order valence-electron chi connectivity index (χ3n) is 3.91. The van der Waals surface area contributed by atoms with Gasteiger partial charge < -0.3 is 24.8 Å². The van der Waals surface area contributed by atoms with Crippen LogP contribution in [0.5, 0.6) is 17.2 Å². The summed E-state index contributed by atoms with van der Waals surface area (Å²) in [4.78, 5) is 17.5. The van der Waals surface area contributed by atoms with Crippen LogP contribution in [0, 0.1) is 0 Å². The number of thiazole rings is 1. The summed E-state index contributed by atoms with van der Waals surface area (Å²) in [6.07, 6.45) is 0.362. The van der Waals surface area contributed by atoms with Crippen LogP contribution >= 0.6 is 11.3 Å². The number of fused-ring (bicyclic) bond motifs is 2. The molecular weight excluding hydrogens is 318 g/mol. The van der Waals surface area contributed by atoms with Crippen molar-refractivity contribution in [1.29, 1.82) is 0 Å². The number of hydrogen-bond acceptors (Lipinski definition) is 7. The fraction of sp³-hybridized carbons (Fsp3) is 0.333. The minimum atomic E-state index is -0.0817. The highest BCUT2D eigenvalue weighted by molar-refractivity contribution is 7.16. The summed E-state index contributed by atoms with van der Waals surface area (Å²) in [6.45, 7) is 0.177. The van der Waals surface area contributed by atoms with Crippen molar-refractivity contribution < 1.29 is 19.0 Å². The summed E-state index contributed by atoms with van der Waals surface area (Å²) in [6, 6.07) is 3.82. The summed E-state index contributed by atoms with van der Waals surface area (Å²) in [5.41, 5.74) is 0.952. The van der Waals surface area contributed by atoms with E-state index in [2.05, 4.69) is 15.6 Å². The molecule has 0 saturated carbocycles. The fourth-order valence-corrected chi connectivity index (χ4v) is 3.85. The Bertz CT molecular complexity index is 789. The lowest BCUT2D eigenvalue weighted by Crippen LogP contribution is -2.22. The normalized spacial score (nSPS) is 18.3. The Balaban J connectivity index is 1.82. The van der Waals surface area contributed by atoms with E-state index in [1.165, 1.54) is 11.3 Å². The second-order valence-electron chi connectivity index (χ2n) is 5.24. The lowest BCUT2D eigenvalue weighted by atomic mass is 9.91. The van der Waals surface area contributed by atoms with Gasteiger partial charge in [0.1, 0.15) is 5.82 Å². The first-order valence-corrected chi connectivity index (χ1v) is 7.97.